The zero-order chi connectivity index (χ0) is 19.3. The van der Waals surface area contributed by atoms with Crippen LogP contribution < -0.4 is 5.32 Å². The second-order valence-electron chi connectivity index (χ2n) is 9.12. The summed E-state index contributed by atoms with van der Waals surface area (Å²) in [7, 11) is 0. The molecule has 1 amide bonds. The van der Waals surface area contributed by atoms with Gasteiger partial charge in [0.25, 0.3) is 0 Å². The molecule has 1 aromatic carbocycles. The van der Waals surface area contributed by atoms with E-state index in [1.165, 1.54) is 5.56 Å². The van der Waals surface area contributed by atoms with Gasteiger partial charge in [-0.05, 0) is 50.8 Å². The fraction of sp³-hybridized carbons (Fsp3) is 0.524. The lowest BCUT2D eigenvalue weighted by molar-refractivity contribution is -0.133. The highest BCUT2D eigenvalue weighted by molar-refractivity contribution is 5.88. The van der Waals surface area contributed by atoms with Gasteiger partial charge < -0.3 is 4.90 Å². The summed E-state index contributed by atoms with van der Waals surface area (Å²) in [5, 5.41) is 8.22. The third kappa shape index (κ3) is 3.54. The summed E-state index contributed by atoms with van der Waals surface area (Å²) in [4.78, 5) is 14.9. The average Bonchev–Trinajstić information content (AvgIpc) is 2.99. The van der Waals surface area contributed by atoms with E-state index in [-0.39, 0.29) is 17.5 Å². The fourth-order valence-electron chi connectivity index (χ4n) is 3.52. The fourth-order valence-corrected chi connectivity index (χ4v) is 3.52. The van der Waals surface area contributed by atoms with Crippen LogP contribution >= 0.6 is 0 Å². The number of hydrogen-bond acceptors (Lipinski definition) is 3. The van der Waals surface area contributed by atoms with Crippen LogP contribution in [0.3, 0.4) is 0 Å². The van der Waals surface area contributed by atoms with Gasteiger partial charge in [-0.25, -0.2) is 4.68 Å². The van der Waals surface area contributed by atoms with Gasteiger partial charge in [0.2, 0.25) is 5.91 Å². The molecule has 1 saturated heterocycles. The lowest BCUT2D eigenvalue weighted by Crippen LogP contribution is -2.41. The molecule has 2 aromatic rings. The van der Waals surface area contributed by atoms with E-state index in [9.17, 15) is 4.79 Å². The van der Waals surface area contributed by atoms with Gasteiger partial charge >= 0.3 is 0 Å². The molecule has 5 nitrogen and oxygen atoms in total. The molecule has 5 heteroatoms. The topological polar surface area (TPSA) is 50.2 Å². The second-order valence-corrected chi connectivity index (χ2v) is 9.12. The first-order chi connectivity index (χ1) is 12.0. The van der Waals surface area contributed by atoms with E-state index in [0.29, 0.717) is 6.54 Å². The molecular weight excluding hydrogens is 324 g/mol. The van der Waals surface area contributed by atoms with Crippen LogP contribution in [0.25, 0.3) is 5.69 Å². The van der Waals surface area contributed by atoms with Gasteiger partial charge in [-0.3, -0.25) is 10.1 Å². The van der Waals surface area contributed by atoms with Crippen molar-refractivity contribution in [2.24, 2.45) is 5.41 Å². The van der Waals surface area contributed by atoms with Gasteiger partial charge in [0.05, 0.1) is 16.9 Å². The Hall–Kier alpha value is -2.14. The summed E-state index contributed by atoms with van der Waals surface area (Å²) < 4.78 is 1.91. The van der Waals surface area contributed by atoms with Crippen LogP contribution in [0.5, 0.6) is 0 Å². The molecular formula is C21H30N4O. The van der Waals surface area contributed by atoms with E-state index in [1.54, 1.807) is 0 Å². The van der Waals surface area contributed by atoms with E-state index in [0.717, 1.165) is 16.9 Å². The Balaban J connectivity index is 2.00. The number of hydrogen-bond donors (Lipinski definition) is 1. The summed E-state index contributed by atoms with van der Waals surface area (Å²) in [6.45, 7) is 15.2. The predicted octanol–water partition coefficient (Wildman–Crippen LogP) is 3.74. The smallest absolute Gasteiger partial charge is 0.243 e. The standard InChI is InChI=1S/C21H30N4O/c1-14-9-8-10-16(11-14)25-12-17(15(2)23-25)18-22-21(6,7)19(26)24(18)13-20(3,4)5/h8-12,18,22H,13H2,1-7H3/t18-/m0/s1. The van der Waals surface area contributed by atoms with Crippen molar-refractivity contribution in [3.05, 3.63) is 47.3 Å². The summed E-state index contributed by atoms with van der Waals surface area (Å²) in [5.74, 6) is 0.139. The van der Waals surface area contributed by atoms with Crippen LogP contribution in [0.2, 0.25) is 0 Å². The SMILES string of the molecule is Cc1cccc(-n2cc([C@H]3NC(C)(C)C(=O)N3CC(C)(C)C)c(C)n2)c1. The zero-order valence-electron chi connectivity index (χ0n) is 16.9. The molecule has 26 heavy (non-hydrogen) atoms. The number of aryl methyl sites for hydroxylation is 2. The van der Waals surface area contributed by atoms with Crippen LogP contribution in [0.15, 0.2) is 30.5 Å². The van der Waals surface area contributed by atoms with Crippen LogP contribution in [0.4, 0.5) is 0 Å². The quantitative estimate of drug-likeness (QED) is 0.913. The Morgan fingerprint density at radius 1 is 1.23 bits per heavy atom. The Morgan fingerprint density at radius 3 is 2.54 bits per heavy atom. The number of carbonyl (C=O) groups excluding carboxylic acids is 1. The first-order valence-electron chi connectivity index (χ1n) is 9.20. The van der Waals surface area contributed by atoms with Gasteiger partial charge in [0.15, 0.2) is 0 Å². The molecule has 0 radical (unpaired) electrons. The molecule has 1 fully saturated rings. The third-order valence-corrected chi connectivity index (χ3v) is 4.75. The molecule has 0 unspecified atom stereocenters. The number of amides is 1. The Morgan fingerprint density at radius 2 is 1.92 bits per heavy atom. The van der Waals surface area contributed by atoms with Crippen molar-refractivity contribution in [1.82, 2.24) is 20.0 Å². The molecule has 1 N–H and O–H groups in total. The minimum atomic E-state index is -0.576. The van der Waals surface area contributed by atoms with Gasteiger partial charge in [-0.15, -0.1) is 0 Å². The van der Waals surface area contributed by atoms with Crippen LogP contribution in [-0.4, -0.2) is 32.7 Å². The molecule has 140 valence electrons. The first-order valence-corrected chi connectivity index (χ1v) is 9.20. The van der Waals surface area contributed by atoms with Crippen LogP contribution in [0.1, 0.15) is 57.6 Å². The highest BCUT2D eigenvalue weighted by Gasteiger charge is 2.47. The van der Waals surface area contributed by atoms with E-state index in [2.05, 4.69) is 45.1 Å². The first kappa shape index (κ1) is 18.6. The lowest BCUT2D eigenvalue weighted by Gasteiger charge is -2.31. The molecule has 1 aliphatic rings. The molecule has 1 aromatic heterocycles. The third-order valence-electron chi connectivity index (χ3n) is 4.75. The number of benzene rings is 1. The number of nitrogens with zero attached hydrogens (tertiary/aromatic N) is 3. The molecule has 1 aliphatic heterocycles. The summed E-state index contributed by atoms with van der Waals surface area (Å²) in [6.07, 6.45) is 1.89. The number of nitrogens with one attached hydrogen (secondary N) is 1. The highest BCUT2D eigenvalue weighted by Crippen LogP contribution is 2.34. The van der Waals surface area contributed by atoms with Crippen molar-refractivity contribution in [1.29, 1.82) is 0 Å². The summed E-state index contributed by atoms with van der Waals surface area (Å²) in [6, 6.07) is 8.27. The molecule has 0 saturated carbocycles. The van der Waals surface area contributed by atoms with Gasteiger partial charge in [0, 0.05) is 18.3 Å². The zero-order valence-corrected chi connectivity index (χ0v) is 16.9. The van der Waals surface area contributed by atoms with E-state index in [1.807, 2.05) is 48.7 Å². The van der Waals surface area contributed by atoms with Crippen LogP contribution in [0, 0.1) is 19.3 Å². The van der Waals surface area contributed by atoms with Gasteiger partial charge in [-0.1, -0.05) is 32.9 Å². The largest absolute Gasteiger partial charge is 0.321 e. The summed E-state index contributed by atoms with van der Waals surface area (Å²) in [5.41, 5.74) is 3.67. The highest BCUT2D eigenvalue weighted by atomic mass is 16.2. The van der Waals surface area contributed by atoms with Crippen molar-refractivity contribution in [3.8, 4) is 5.69 Å². The average molecular weight is 354 g/mol. The van der Waals surface area contributed by atoms with Gasteiger partial charge in [0.1, 0.15) is 6.17 Å². The maximum Gasteiger partial charge on any atom is 0.243 e. The molecule has 0 bridgehead atoms. The maximum atomic E-state index is 13.0. The Kier molecular flexibility index (Phi) is 4.47. The lowest BCUT2D eigenvalue weighted by atomic mass is 9.95. The van der Waals surface area contributed by atoms with E-state index < -0.39 is 5.54 Å². The summed E-state index contributed by atoms with van der Waals surface area (Å²) >= 11 is 0. The molecule has 0 aliphatic carbocycles. The minimum absolute atomic E-state index is 0.0243. The Labute approximate surface area is 156 Å². The normalized spacial score (nSPS) is 20.0. The number of aromatic nitrogens is 2. The monoisotopic (exact) mass is 354 g/mol. The second kappa shape index (κ2) is 6.23. The number of rotatable bonds is 3. The van der Waals surface area contributed by atoms with Crippen molar-refractivity contribution in [2.75, 3.05) is 6.54 Å². The molecule has 2 heterocycles. The van der Waals surface area contributed by atoms with Crippen molar-refractivity contribution in [2.45, 2.75) is 60.2 Å². The van der Waals surface area contributed by atoms with Crippen LogP contribution in [-0.2, 0) is 4.79 Å². The maximum absolute atomic E-state index is 13.0. The number of carbonyl (C=O) groups is 1. The van der Waals surface area contributed by atoms with Crippen molar-refractivity contribution in [3.63, 3.8) is 0 Å². The molecule has 1 atom stereocenters. The minimum Gasteiger partial charge on any atom is -0.321 e. The molecule has 3 rings (SSSR count). The van der Waals surface area contributed by atoms with Gasteiger partial charge in [-0.2, -0.15) is 5.10 Å². The van der Waals surface area contributed by atoms with Crippen molar-refractivity contribution < 1.29 is 4.79 Å². The predicted molar refractivity (Wildman–Crippen MR) is 104 cm³/mol. The van der Waals surface area contributed by atoms with E-state index in [4.69, 9.17) is 5.10 Å². The van der Waals surface area contributed by atoms with E-state index >= 15 is 0 Å². The Bertz CT molecular complexity index is 829. The van der Waals surface area contributed by atoms with Crippen molar-refractivity contribution >= 4 is 5.91 Å². The molecule has 0 spiro atoms.